The third-order valence-electron chi connectivity index (χ3n) is 4.58. The van der Waals surface area contributed by atoms with E-state index in [2.05, 4.69) is 23.7 Å². The number of nitrogens with zero attached hydrogens (tertiary/aromatic N) is 2. The van der Waals surface area contributed by atoms with Gasteiger partial charge in [-0.1, -0.05) is 12.1 Å². The van der Waals surface area contributed by atoms with Gasteiger partial charge in [0.15, 0.2) is 17.2 Å². The number of hydrogen-bond donors (Lipinski definition) is 0. The van der Waals surface area contributed by atoms with Gasteiger partial charge in [0.2, 0.25) is 5.90 Å². The molecule has 28 heavy (non-hydrogen) atoms. The van der Waals surface area contributed by atoms with Crippen LogP contribution in [0.25, 0.3) is 6.08 Å². The maximum absolute atomic E-state index is 12.2. The Hall–Kier alpha value is -3.28. The summed E-state index contributed by atoms with van der Waals surface area (Å²) in [6, 6.07) is 13.3. The highest BCUT2D eigenvalue weighted by atomic mass is 16.6. The molecule has 0 unspecified atom stereocenters. The van der Waals surface area contributed by atoms with Gasteiger partial charge in [-0.25, -0.2) is 9.79 Å². The van der Waals surface area contributed by atoms with Crippen molar-refractivity contribution in [1.29, 1.82) is 0 Å². The first-order valence-electron chi connectivity index (χ1n) is 9.19. The van der Waals surface area contributed by atoms with Gasteiger partial charge >= 0.3 is 5.97 Å². The quantitative estimate of drug-likeness (QED) is 0.539. The smallest absolute Gasteiger partial charge is 0.363 e. The molecule has 1 aliphatic heterocycles. The van der Waals surface area contributed by atoms with Crippen LogP contribution in [0, 0.1) is 0 Å². The van der Waals surface area contributed by atoms with Crippen molar-refractivity contribution in [3.8, 4) is 11.5 Å². The number of rotatable bonds is 7. The summed E-state index contributed by atoms with van der Waals surface area (Å²) in [7, 11) is 3.12. The highest BCUT2D eigenvalue weighted by Gasteiger charge is 2.25. The lowest BCUT2D eigenvalue weighted by Crippen LogP contribution is -2.21. The summed E-state index contributed by atoms with van der Waals surface area (Å²) in [6.45, 7) is 6.14. The van der Waals surface area contributed by atoms with Crippen LogP contribution in [0.5, 0.6) is 11.5 Å². The summed E-state index contributed by atoms with van der Waals surface area (Å²) < 4.78 is 15.9. The molecular weight excluding hydrogens is 356 g/mol. The maximum atomic E-state index is 12.2. The predicted octanol–water partition coefficient (Wildman–Crippen LogP) is 3.89. The zero-order chi connectivity index (χ0) is 20.1. The number of hydrogen-bond acceptors (Lipinski definition) is 6. The first-order chi connectivity index (χ1) is 13.6. The number of anilines is 1. The number of esters is 1. The Kier molecular flexibility index (Phi) is 5.99. The van der Waals surface area contributed by atoms with Crippen LogP contribution in [-0.2, 0) is 9.53 Å². The molecule has 0 aliphatic carbocycles. The van der Waals surface area contributed by atoms with Gasteiger partial charge in [0.1, 0.15) is 0 Å². The molecule has 0 aromatic heterocycles. The molecule has 3 rings (SSSR count). The Morgan fingerprint density at radius 1 is 1.00 bits per heavy atom. The Bertz CT molecular complexity index is 913. The highest BCUT2D eigenvalue weighted by Crippen LogP contribution is 2.29. The van der Waals surface area contributed by atoms with Gasteiger partial charge < -0.3 is 19.1 Å². The van der Waals surface area contributed by atoms with Crippen LogP contribution in [-0.4, -0.2) is 39.2 Å². The topological polar surface area (TPSA) is 60.4 Å². The third kappa shape index (κ3) is 4.01. The van der Waals surface area contributed by atoms with Crippen molar-refractivity contribution < 1.29 is 19.0 Å². The van der Waals surface area contributed by atoms with Crippen LogP contribution in [0.3, 0.4) is 0 Å². The Morgan fingerprint density at radius 3 is 2.29 bits per heavy atom. The molecule has 0 bridgehead atoms. The van der Waals surface area contributed by atoms with E-state index in [-0.39, 0.29) is 11.6 Å². The summed E-state index contributed by atoms with van der Waals surface area (Å²) >= 11 is 0. The standard InChI is InChI=1S/C22H24N2O4/c1-5-24(6-2)17-10-7-15(8-11-17)13-18-22(25)28-21(23-18)16-9-12-19(26-3)20(14-16)27-4/h7-14H,5-6H2,1-4H3/b18-13+. The molecule has 6 nitrogen and oxygen atoms in total. The molecule has 0 amide bonds. The number of methoxy groups -OCH3 is 2. The molecule has 1 heterocycles. The molecule has 146 valence electrons. The van der Waals surface area contributed by atoms with Crippen LogP contribution < -0.4 is 14.4 Å². The van der Waals surface area contributed by atoms with Crippen molar-refractivity contribution in [3.63, 3.8) is 0 Å². The molecule has 0 N–H and O–H groups in total. The minimum atomic E-state index is -0.474. The number of benzene rings is 2. The lowest BCUT2D eigenvalue weighted by atomic mass is 10.1. The van der Waals surface area contributed by atoms with Crippen LogP contribution in [0.1, 0.15) is 25.0 Å². The van der Waals surface area contributed by atoms with Crippen molar-refractivity contribution in [2.75, 3.05) is 32.2 Å². The maximum Gasteiger partial charge on any atom is 0.363 e. The summed E-state index contributed by atoms with van der Waals surface area (Å²) in [5, 5.41) is 0. The zero-order valence-corrected chi connectivity index (χ0v) is 16.6. The lowest BCUT2D eigenvalue weighted by Gasteiger charge is -2.20. The summed E-state index contributed by atoms with van der Waals surface area (Å²) in [5.41, 5.74) is 2.95. The van der Waals surface area contributed by atoms with Crippen LogP contribution in [0.15, 0.2) is 53.2 Å². The minimum absolute atomic E-state index is 0.247. The van der Waals surface area contributed by atoms with Crippen LogP contribution in [0.4, 0.5) is 5.69 Å². The van der Waals surface area contributed by atoms with E-state index in [0.717, 1.165) is 24.3 Å². The van der Waals surface area contributed by atoms with E-state index in [1.807, 2.05) is 24.3 Å². The van der Waals surface area contributed by atoms with Crippen molar-refractivity contribution in [3.05, 3.63) is 59.3 Å². The second-order valence-electron chi connectivity index (χ2n) is 6.17. The van der Waals surface area contributed by atoms with Crippen molar-refractivity contribution in [2.45, 2.75) is 13.8 Å². The van der Waals surface area contributed by atoms with E-state index in [1.165, 1.54) is 0 Å². The molecule has 1 aliphatic rings. The summed E-state index contributed by atoms with van der Waals surface area (Å²) in [6.07, 6.45) is 1.72. The Balaban J connectivity index is 1.85. The SMILES string of the molecule is CCN(CC)c1ccc(/C=C2/N=C(c3ccc(OC)c(OC)c3)OC2=O)cc1. The average Bonchev–Trinajstić information content (AvgIpc) is 3.09. The number of aliphatic imine (C=N–C) groups is 1. The van der Waals surface area contributed by atoms with Gasteiger partial charge in [-0.2, -0.15) is 0 Å². The van der Waals surface area contributed by atoms with Crippen molar-refractivity contribution >= 4 is 23.6 Å². The van der Waals surface area contributed by atoms with Gasteiger partial charge in [-0.05, 0) is 55.8 Å². The van der Waals surface area contributed by atoms with Crippen LogP contribution in [0.2, 0.25) is 0 Å². The molecule has 0 spiro atoms. The van der Waals surface area contributed by atoms with Crippen LogP contribution >= 0.6 is 0 Å². The molecule has 2 aromatic rings. The first-order valence-corrected chi connectivity index (χ1v) is 9.19. The van der Waals surface area contributed by atoms with Crippen molar-refractivity contribution in [1.82, 2.24) is 0 Å². The fourth-order valence-electron chi connectivity index (χ4n) is 3.03. The first kappa shape index (κ1) is 19.5. The molecule has 0 saturated carbocycles. The van der Waals surface area contributed by atoms with Gasteiger partial charge in [0.25, 0.3) is 0 Å². The van der Waals surface area contributed by atoms with E-state index in [4.69, 9.17) is 14.2 Å². The lowest BCUT2D eigenvalue weighted by molar-refractivity contribution is -0.129. The summed E-state index contributed by atoms with van der Waals surface area (Å²) in [5.74, 6) is 0.915. The number of ether oxygens (including phenoxy) is 3. The van der Waals surface area contributed by atoms with Gasteiger partial charge in [0.05, 0.1) is 14.2 Å². The Labute approximate surface area is 165 Å². The molecule has 0 fully saturated rings. The second kappa shape index (κ2) is 8.61. The second-order valence-corrected chi connectivity index (χ2v) is 6.17. The molecule has 2 aromatic carbocycles. The fourth-order valence-corrected chi connectivity index (χ4v) is 3.03. The zero-order valence-electron chi connectivity index (χ0n) is 16.6. The largest absolute Gasteiger partial charge is 0.493 e. The van der Waals surface area contributed by atoms with E-state index in [1.54, 1.807) is 38.5 Å². The monoisotopic (exact) mass is 380 g/mol. The van der Waals surface area contributed by atoms with E-state index >= 15 is 0 Å². The molecule has 0 radical (unpaired) electrons. The van der Waals surface area contributed by atoms with E-state index in [9.17, 15) is 4.79 Å². The molecule has 6 heteroatoms. The molecule has 0 atom stereocenters. The highest BCUT2D eigenvalue weighted by molar-refractivity contribution is 6.13. The third-order valence-corrected chi connectivity index (χ3v) is 4.58. The predicted molar refractivity (Wildman–Crippen MR) is 110 cm³/mol. The normalized spacial score (nSPS) is 14.6. The van der Waals surface area contributed by atoms with E-state index < -0.39 is 5.97 Å². The number of cyclic esters (lactones) is 1. The summed E-state index contributed by atoms with van der Waals surface area (Å²) in [4.78, 5) is 18.9. The minimum Gasteiger partial charge on any atom is -0.493 e. The Morgan fingerprint density at radius 2 is 1.68 bits per heavy atom. The van der Waals surface area contributed by atoms with E-state index in [0.29, 0.717) is 17.1 Å². The number of carbonyl (C=O) groups is 1. The molecular formula is C22H24N2O4. The van der Waals surface area contributed by atoms with Gasteiger partial charge in [-0.15, -0.1) is 0 Å². The fraction of sp³-hybridized carbons (Fsp3) is 0.273. The van der Waals surface area contributed by atoms with Gasteiger partial charge in [-0.3, -0.25) is 0 Å². The van der Waals surface area contributed by atoms with Crippen molar-refractivity contribution in [2.24, 2.45) is 4.99 Å². The van der Waals surface area contributed by atoms with Gasteiger partial charge in [0, 0.05) is 24.3 Å². The average molecular weight is 380 g/mol. The number of carbonyl (C=O) groups excluding carboxylic acids is 1. The molecule has 0 saturated heterocycles.